The van der Waals surface area contributed by atoms with E-state index in [1.807, 2.05) is 13.0 Å². The number of nitrogens with zero attached hydrogens (tertiary/aromatic N) is 2. The van der Waals surface area contributed by atoms with Crippen molar-refractivity contribution in [2.45, 2.75) is 20.8 Å². The molecule has 0 unspecified atom stereocenters. The van der Waals surface area contributed by atoms with E-state index in [4.69, 9.17) is 10.7 Å². The number of pyridine rings is 1. The molecule has 0 atom stereocenters. The lowest BCUT2D eigenvalue weighted by atomic mass is 10.1. The van der Waals surface area contributed by atoms with Gasteiger partial charge < -0.3 is 5.73 Å². The van der Waals surface area contributed by atoms with Crippen molar-refractivity contribution >= 4 is 27.6 Å². The van der Waals surface area contributed by atoms with Crippen LogP contribution in [0.15, 0.2) is 48.5 Å². The Hall–Kier alpha value is -2.81. The Bertz CT molecular complexity index is 1040. The van der Waals surface area contributed by atoms with E-state index in [1.165, 1.54) is 22.2 Å². The summed E-state index contributed by atoms with van der Waals surface area (Å²) in [4.78, 5) is 4.81. The average Bonchev–Trinajstić information content (AvgIpc) is 2.82. The number of aromatic nitrogens is 2. The smallest absolute Gasteiger partial charge is 0.146 e. The molecule has 2 aromatic heterocycles. The standard InChI is InChI=1S/C20H19N3/c1-12-7-6-8-13(2)19(12)23-18-10-5-4-9-15(18)16-11-17(21)14(3)22-20(16)23/h4-11H,21H2,1-3H3. The van der Waals surface area contributed by atoms with Gasteiger partial charge in [0.1, 0.15) is 5.65 Å². The minimum Gasteiger partial charge on any atom is -0.397 e. The van der Waals surface area contributed by atoms with Crippen LogP contribution in [0, 0.1) is 20.8 Å². The topological polar surface area (TPSA) is 43.8 Å². The number of anilines is 1. The number of para-hydroxylation sites is 2. The first-order valence-electron chi connectivity index (χ1n) is 7.81. The Balaban J connectivity index is 2.27. The van der Waals surface area contributed by atoms with Crippen LogP contribution in [0.4, 0.5) is 5.69 Å². The molecule has 0 radical (unpaired) electrons. The highest BCUT2D eigenvalue weighted by atomic mass is 15.1. The number of aryl methyl sites for hydroxylation is 3. The maximum Gasteiger partial charge on any atom is 0.146 e. The maximum atomic E-state index is 6.11. The highest BCUT2D eigenvalue weighted by Crippen LogP contribution is 2.34. The highest BCUT2D eigenvalue weighted by Gasteiger charge is 2.16. The van der Waals surface area contributed by atoms with E-state index in [-0.39, 0.29) is 0 Å². The zero-order chi connectivity index (χ0) is 16.1. The van der Waals surface area contributed by atoms with Gasteiger partial charge in [-0.05, 0) is 44.0 Å². The first-order chi connectivity index (χ1) is 11.1. The van der Waals surface area contributed by atoms with Crippen molar-refractivity contribution in [2.24, 2.45) is 0 Å². The summed E-state index contributed by atoms with van der Waals surface area (Å²) >= 11 is 0. The third-order valence-corrected chi connectivity index (χ3v) is 4.54. The van der Waals surface area contributed by atoms with Gasteiger partial charge in [0.15, 0.2) is 0 Å². The van der Waals surface area contributed by atoms with Gasteiger partial charge in [-0.25, -0.2) is 4.98 Å². The van der Waals surface area contributed by atoms with E-state index in [2.05, 4.69) is 60.9 Å². The Kier molecular flexibility index (Phi) is 2.91. The van der Waals surface area contributed by atoms with Crippen LogP contribution in [0.1, 0.15) is 16.8 Å². The molecule has 0 bridgehead atoms. The number of benzene rings is 2. The molecule has 4 aromatic rings. The van der Waals surface area contributed by atoms with Gasteiger partial charge >= 0.3 is 0 Å². The third-order valence-electron chi connectivity index (χ3n) is 4.54. The Morgan fingerprint density at radius 1 is 0.870 bits per heavy atom. The summed E-state index contributed by atoms with van der Waals surface area (Å²) in [5.74, 6) is 0. The second-order valence-electron chi connectivity index (χ2n) is 6.13. The Labute approximate surface area is 135 Å². The summed E-state index contributed by atoms with van der Waals surface area (Å²) in [6, 6.07) is 16.9. The zero-order valence-electron chi connectivity index (χ0n) is 13.6. The van der Waals surface area contributed by atoms with Gasteiger partial charge in [0, 0.05) is 10.8 Å². The fourth-order valence-corrected chi connectivity index (χ4v) is 3.37. The van der Waals surface area contributed by atoms with Gasteiger partial charge in [-0.1, -0.05) is 36.4 Å². The molecule has 2 aromatic carbocycles. The van der Waals surface area contributed by atoms with Crippen molar-refractivity contribution in [1.29, 1.82) is 0 Å². The fourth-order valence-electron chi connectivity index (χ4n) is 3.37. The minimum atomic E-state index is 0.738. The number of hydrogen-bond donors (Lipinski definition) is 1. The quantitative estimate of drug-likeness (QED) is 0.554. The van der Waals surface area contributed by atoms with Crippen LogP contribution in [-0.4, -0.2) is 9.55 Å². The van der Waals surface area contributed by atoms with Crippen LogP contribution in [0.25, 0.3) is 27.6 Å². The molecule has 0 saturated carbocycles. The summed E-state index contributed by atoms with van der Waals surface area (Å²) in [7, 11) is 0. The van der Waals surface area contributed by atoms with Crippen LogP contribution in [0.2, 0.25) is 0 Å². The van der Waals surface area contributed by atoms with Gasteiger partial charge in [-0.2, -0.15) is 0 Å². The third kappa shape index (κ3) is 1.93. The SMILES string of the molecule is Cc1cccc(C)c1-n1c2ccccc2c2cc(N)c(C)nc21. The van der Waals surface area contributed by atoms with E-state index in [9.17, 15) is 0 Å². The normalized spacial score (nSPS) is 11.4. The second-order valence-corrected chi connectivity index (χ2v) is 6.13. The molecular formula is C20H19N3. The van der Waals surface area contributed by atoms with Crippen molar-refractivity contribution in [1.82, 2.24) is 9.55 Å². The average molecular weight is 301 g/mol. The van der Waals surface area contributed by atoms with Crippen LogP contribution in [0.3, 0.4) is 0 Å². The predicted octanol–water partition coefficient (Wildman–Crippen LogP) is 4.69. The number of nitrogens with two attached hydrogens (primary N) is 1. The van der Waals surface area contributed by atoms with Gasteiger partial charge in [-0.3, -0.25) is 4.57 Å². The largest absolute Gasteiger partial charge is 0.397 e. The monoisotopic (exact) mass is 301 g/mol. The van der Waals surface area contributed by atoms with Gasteiger partial charge in [0.2, 0.25) is 0 Å². The molecule has 23 heavy (non-hydrogen) atoms. The lowest BCUT2D eigenvalue weighted by molar-refractivity contribution is 1.08. The Morgan fingerprint density at radius 2 is 1.57 bits per heavy atom. The van der Waals surface area contributed by atoms with Gasteiger partial charge in [-0.15, -0.1) is 0 Å². The van der Waals surface area contributed by atoms with Gasteiger partial charge in [0.25, 0.3) is 0 Å². The lowest BCUT2D eigenvalue weighted by Gasteiger charge is -2.14. The summed E-state index contributed by atoms with van der Waals surface area (Å²) in [5.41, 5.74) is 13.5. The molecule has 3 nitrogen and oxygen atoms in total. The molecule has 0 aliphatic carbocycles. The van der Waals surface area contributed by atoms with Crippen molar-refractivity contribution < 1.29 is 0 Å². The molecule has 0 saturated heterocycles. The van der Waals surface area contributed by atoms with Crippen LogP contribution >= 0.6 is 0 Å². The maximum absolute atomic E-state index is 6.11. The van der Waals surface area contributed by atoms with E-state index >= 15 is 0 Å². The molecule has 0 aliphatic rings. The summed E-state index contributed by atoms with van der Waals surface area (Å²) in [6.45, 7) is 6.25. The summed E-state index contributed by atoms with van der Waals surface area (Å²) in [5, 5.41) is 2.29. The molecule has 0 fully saturated rings. The molecule has 0 aliphatic heterocycles. The van der Waals surface area contributed by atoms with Crippen LogP contribution < -0.4 is 5.73 Å². The van der Waals surface area contributed by atoms with E-state index in [0.717, 1.165) is 27.9 Å². The molecule has 3 heteroatoms. The van der Waals surface area contributed by atoms with E-state index < -0.39 is 0 Å². The molecule has 2 N–H and O–H groups in total. The van der Waals surface area contributed by atoms with Crippen molar-refractivity contribution in [3.05, 3.63) is 65.4 Å². The summed E-state index contributed by atoms with van der Waals surface area (Å²) in [6.07, 6.45) is 0. The summed E-state index contributed by atoms with van der Waals surface area (Å²) < 4.78 is 2.27. The molecule has 114 valence electrons. The number of hydrogen-bond acceptors (Lipinski definition) is 2. The lowest BCUT2D eigenvalue weighted by Crippen LogP contribution is -2.02. The van der Waals surface area contributed by atoms with Crippen LogP contribution in [0.5, 0.6) is 0 Å². The van der Waals surface area contributed by atoms with Crippen molar-refractivity contribution in [3.8, 4) is 5.69 Å². The molecule has 0 amide bonds. The number of fused-ring (bicyclic) bond motifs is 3. The van der Waals surface area contributed by atoms with Gasteiger partial charge in [0.05, 0.1) is 22.6 Å². The van der Waals surface area contributed by atoms with Crippen molar-refractivity contribution in [3.63, 3.8) is 0 Å². The van der Waals surface area contributed by atoms with Crippen molar-refractivity contribution in [2.75, 3.05) is 5.73 Å². The molecule has 2 heterocycles. The van der Waals surface area contributed by atoms with E-state index in [0.29, 0.717) is 0 Å². The highest BCUT2D eigenvalue weighted by molar-refractivity contribution is 6.09. The first kappa shape index (κ1) is 13.8. The second kappa shape index (κ2) is 4.85. The predicted molar refractivity (Wildman–Crippen MR) is 97.2 cm³/mol. The van der Waals surface area contributed by atoms with E-state index in [1.54, 1.807) is 0 Å². The molecule has 4 rings (SSSR count). The van der Waals surface area contributed by atoms with Crippen LogP contribution in [-0.2, 0) is 0 Å². The Morgan fingerprint density at radius 3 is 2.30 bits per heavy atom. The minimum absolute atomic E-state index is 0.738. The molecular weight excluding hydrogens is 282 g/mol. The first-order valence-corrected chi connectivity index (χ1v) is 7.81. The fraction of sp³-hybridized carbons (Fsp3) is 0.150. The number of nitrogen functional groups attached to an aromatic ring is 1. The molecule has 0 spiro atoms. The zero-order valence-corrected chi connectivity index (χ0v) is 13.6. The number of rotatable bonds is 1.